The average molecular weight is 455 g/mol. The summed E-state index contributed by atoms with van der Waals surface area (Å²) in [5, 5.41) is 3.48. The molecule has 1 aliphatic heterocycles. The Hall–Kier alpha value is -1.50. The van der Waals surface area contributed by atoms with Gasteiger partial charge in [-0.15, -0.1) is 12.4 Å². The first-order valence-electron chi connectivity index (χ1n) is 11.5. The number of amides is 1. The third-order valence-electron chi connectivity index (χ3n) is 6.31. The van der Waals surface area contributed by atoms with Gasteiger partial charge >= 0.3 is 0 Å². The quantitative estimate of drug-likeness (QED) is 0.534. The van der Waals surface area contributed by atoms with Crippen LogP contribution in [0.1, 0.15) is 61.7 Å². The van der Waals surface area contributed by atoms with Crippen LogP contribution in [0.25, 0.3) is 0 Å². The van der Waals surface area contributed by atoms with Crippen LogP contribution >= 0.6 is 12.4 Å². The third-order valence-corrected chi connectivity index (χ3v) is 6.31. The molecule has 1 aromatic rings. The van der Waals surface area contributed by atoms with Gasteiger partial charge in [0.1, 0.15) is 0 Å². The van der Waals surface area contributed by atoms with E-state index in [1.54, 1.807) is 14.2 Å². The summed E-state index contributed by atoms with van der Waals surface area (Å²) in [5.74, 6) is 2.01. The lowest BCUT2D eigenvalue weighted by atomic mass is 9.88. The topological polar surface area (TPSA) is 60.0 Å². The molecule has 1 saturated heterocycles. The summed E-state index contributed by atoms with van der Waals surface area (Å²) in [6.07, 6.45) is 9.37. The Morgan fingerprint density at radius 2 is 1.87 bits per heavy atom. The van der Waals surface area contributed by atoms with Crippen molar-refractivity contribution >= 4 is 18.3 Å². The molecule has 1 aromatic carbocycles. The number of rotatable bonds is 10. The smallest absolute Gasteiger partial charge is 0.254 e. The molecule has 0 aromatic heterocycles. The maximum atomic E-state index is 13.6. The summed E-state index contributed by atoms with van der Waals surface area (Å²) >= 11 is 0. The van der Waals surface area contributed by atoms with Crippen molar-refractivity contribution in [1.82, 2.24) is 10.2 Å². The Bertz CT molecular complexity index is 661. The molecule has 176 valence electrons. The highest BCUT2D eigenvalue weighted by Gasteiger charge is 2.29. The molecule has 0 unspecified atom stereocenters. The lowest BCUT2D eigenvalue weighted by Gasteiger charge is -2.38. The number of piperidine rings is 1. The molecule has 3 rings (SSSR count). The highest BCUT2D eigenvalue weighted by Crippen LogP contribution is 2.31. The van der Waals surface area contributed by atoms with E-state index in [-0.39, 0.29) is 24.4 Å². The number of ether oxygens (including phenoxy) is 3. The number of hydrogen-bond donors (Lipinski definition) is 1. The van der Waals surface area contributed by atoms with E-state index >= 15 is 0 Å². The van der Waals surface area contributed by atoms with E-state index in [1.807, 2.05) is 18.2 Å². The van der Waals surface area contributed by atoms with Crippen molar-refractivity contribution in [3.05, 3.63) is 23.8 Å². The van der Waals surface area contributed by atoms with E-state index in [1.165, 1.54) is 32.1 Å². The van der Waals surface area contributed by atoms with Crippen LogP contribution in [0.3, 0.4) is 0 Å². The number of halogens is 1. The number of carbonyl (C=O) groups is 1. The molecular weight excluding hydrogens is 416 g/mol. The molecule has 0 bridgehead atoms. The zero-order valence-electron chi connectivity index (χ0n) is 19.1. The maximum absolute atomic E-state index is 13.6. The Morgan fingerprint density at radius 1 is 1.06 bits per heavy atom. The van der Waals surface area contributed by atoms with Gasteiger partial charge in [0, 0.05) is 44.8 Å². The molecule has 0 radical (unpaired) electrons. The number of methoxy groups -OCH3 is 2. The number of hydrogen-bond acceptors (Lipinski definition) is 5. The van der Waals surface area contributed by atoms with Gasteiger partial charge in [-0.3, -0.25) is 4.79 Å². The zero-order valence-corrected chi connectivity index (χ0v) is 19.9. The number of benzene rings is 1. The van der Waals surface area contributed by atoms with Crippen LogP contribution in [-0.4, -0.2) is 63.9 Å². The predicted octanol–water partition coefficient (Wildman–Crippen LogP) is 4.31. The van der Waals surface area contributed by atoms with E-state index in [9.17, 15) is 4.79 Å². The molecule has 1 amide bonds. The third kappa shape index (κ3) is 7.55. The van der Waals surface area contributed by atoms with Gasteiger partial charge in [0.2, 0.25) is 0 Å². The van der Waals surface area contributed by atoms with Gasteiger partial charge in [-0.25, -0.2) is 0 Å². The molecule has 7 heteroatoms. The van der Waals surface area contributed by atoms with Crippen LogP contribution in [0.15, 0.2) is 18.2 Å². The van der Waals surface area contributed by atoms with Gasteiger partial charge in [-0.2, -0.15) is 0 Å². The summed E-state index contributed by atoms with van der Waals surface area (Å²) in [4.78, 5) is 15.8. The Balaban J connectivity index is 0.00000341. The largest absolute Gasteiger partial charge is 0.493 e. The van der Waals surface area contributed by atoms with Gasteiger partial charge in [0.25, 0.3) is 5.91 Å². The summed E-state index contributed by atoms with van der Waals surface area (Å²) in [7, 11) is 3.31. The highest BCUT2D eigenvalue weighted by atomic mass is 35.5. The van der Waals surface area contributed by atoms with E-state index in [0.717, 1.165) is 38.9 Å². The van der Waals surface area contributed by atoms with E-state index in [2.05, 4.69) is 10.2 Å². The second-order valence-corrected chi connectivity index (χ2v) is 8.52. The van der Waals surface area contributed by atoms with Gasteiger partial charge in [-0.1, -0.05) is 19.3 Å². The standard InChI is InChI=1S/C24H38N2O4.ClH/c1-28-14-7-15-30-23-16-20(11-12-22(23)29-2)24(27)26(21-10-6-13-25-17-21)18-19-8-4-3-5-9-19;/h11-12,16,19,21,25H,3-10,13-15,17-18H2,1-2H3;1H/t21-;/m1./s1. The molecular formula is C24H39ClN2O4. The van der Waals surface area contributed by atoms with Gasteiger partial charge in [0.05, 0.1) is 13.7 Å². The van der Waals surface area contributed by atoms with E-state index in [0.29, 0.717) is 36.2 Å². The van der Waals surface area contributed by atoms with Crippen LogP contribution in [0.2, 0.25) is 0 Å². The van der Waals surface area contributed by atoms with Gasteiger partial charge in [0.15, 0.2) is 11.5 Å². The first kappa shape index (κ1) is 25.8. The van der Waals surface area contributed by atoms with Crippen LogP contribution in [0.5, 0.6) is 11.5 Å². The van der Waals surface area contributed by atoms with Crippen LogP contribution in [0, 0.1) is 5.92 Å². The van der Waals surface area contributed by atoms with Crippen molar-refractivity contribution in [3.63, 3.8) is 0 Å². The van der Waals surface area contributed by atoms with Crippen LogP contribution in [0.4, 0.5) is 0 Å². The fourth-order valence-electron chi connectivity index (χ4n) is 4.62. The van der Waals surface area contributed by atoms with Crippen molar-refractivity contribution in [2.24, 2.45) is 5.92 Å². The Kier molecular flexibility index (Phi) is 11.5. The lowest BCUT2D eigenvalue weighted by Crippen LogP contribution is -2.50. The monoisotopic (exact) mass is 454 g/mol. The normalized spacial score (nSPS) is 19.4. The summed E-state index contributed by atoms with van der Waals surface area (Å²) in [6.45, 7) is 3.96. The van der Waals surface area contributed by atoms with Crippen molar-refractivity contribution in [3.8, 4) is 11.5 Å². The predicted molar refractivity (Wildman–Crippen MR) is 126 cm³/mol. The number of carbonyl (C=O) groups excluding carboxylic acids is 1. The first-order valence-corrected chi connectivity index (χ1v) is 11.5. The Labute approximate surface area is 193 Å². The van der Waals surface area contributed by atoms with Crippen LogP contribution < -0.4 is 14.8 Å². The molecule has 1 aliphatic carbocycles. The Morgan fingerprint density at radius 3 is 2.55 bits per heavy atom. The molecule has 2 fully saturated rings. The molecule has 1 heterocycles. The fraction of sp³-hybridized carbons (Fsp3) is 0.708. The molecule has 1 N–H and O–H groups in total. The summed E-state index contributed by atoms with van der Waals surface area (Å²) in [6, 6.07) is 5.82. The second kappa shape index (κ2) is 13.8. The zero-order chi connectivity index (χ0) is 21.2. The van der Waals surface area contributed by atoms with Crippen molar-refractivity contribution in [1.29, 1.82) is 0 Å². The lowest BCUT2D eigenvalue weighted by molar-refractivity contribution is 0.0588. The minimum atomic E-state index is 0. The minimum absolute atomic E-state index is 0. The van der Waals surface area contributed by atoms with E-state index < -0.39 is 0 Å². The minimum Gasteiger partial charge on any atom is -0.493 e. The molecule has 1 atom stereocenters. The van der Waals surface area contributed by atoms with Crippen molar-refractivity contribution in [2.75, 3.05) is 47.1 Å². The van der Waals surface area contributed by atoms with Gasteiger partial charge < -0.3 is 24.4 Å². The average Bonchev–Trinajstić information content (AvgIpc) is 2.81. The van der Waals surface area contributed by atoms with Crippen molar-refractivity contribution < 1.29 is 19.0 Å². The fourth-order valence-corrected chi connectivity index (χ4v) is 4.62. The summed E-state index contributed by atoms with van der Waals surface area (Å²) in [5.41, 5.74) is 0.680. The molecule has 6 nitrogen and oxygen atoms in total. The first-order chi connectivity index (χ1) is 14.7. The number of nitrogens with one attached hydrogen (secondary N) is 1. The second-order valence-electron chi connectivity index (χ2n) is 8.52. The van der Waals surface area contributed by atoms with Crippen molar-refractivity contribution in [2.45, 2.75) is 57.4 Å². The highest BCUT2D eigenvalue weighted by molar-refractivity contribution is 5.95. The summed E-state index contributed by atoms with van der Waals surface area (Å²) < 4.78 is 16.4. The van der Waals surface area contributed by atoms with Crippen LogP contribution in [-0.2, 0) is 4.74 Å². The van der Waals surface area contributed by atoms with Gasteiger partial charge in [-0.05, 0) is 56.3 Å². The maximum Gasteiger partial charge on any atom is 0.254 e. The molecule has 1 saturated carbocycles. The molecule has 2 aliphatic rings. The van der Waals surface area contributed by atoms with E-state index in [4.69, 9.17) is 14.2 Å². The molecule has 31 heavy (non-hydrogen) atoms. The molecule has 0 spiro atoms. The number of nitrogens with zero attached hydrogens (tertiary/aromatic N) is 1. The SMILES string of the molecule is COCCCOc1cc(C(=O)N(CC2CCCCC2)[C@@H]2CCCNC2)ccc1OC.Cl.